The van der Waals surface area contributed by atoms with Gasteiger partial charge in [0.15, 0.2) is 5.82 Å². The summed E-state index contributed by atoms with van der Waals surface area (Å²) in [4.78, 5) is 15.2. The minimum atomic E-state index is -0.461. The fraction of sp³-hybridized carbons (Fsp3) is 0.318. The van der Waals surface area contributed by atoms with Crippen LogP contribution in [0.15, 0.2) is 59.8 Å². The van der Waals surface area contributed by atoms with E-state index in [1.165, 1.54) is 40.7 Å². The lowest BCUT2D eigenvalue weighted by molar-refractivity contribution is -0.131. The molecule has 7 nitrogen and oxygen atoms in total. The van der Waals surface area contributed by atoms with Crippen LogP contribution in [0, 0.1) is 5.82 Å². The summed E-state index contributed by atoms with van der Waals surface area (Å²) >= 11 is 1.28. The van der Waals surface area contributed by atoms with Gasteiger partial charge in [-0.1, -0.05) is 42.1 Å². The number of hydrogen-bond acceptors (Lipinski definition) is 6. The number of nitrogens with two attached hydrogens (primary N) is 1. The fourth-order valence-electron chi connectivity index (χ4n) is 3.44. The average molecular weight is 442 g/mol. The largest absolute Gasteiger partial charge is 0.486 e. The number of carbonyl (C=O) groups excluding carboxylic acids is 1. The average Bonchev–Trinajstić information content (AvgIpc) is 3.17. The Labute approximate surface area is 184 Å². The lowest BCUT2D eigenvalue weighted by Crippen LogP contribution is -2.38. The monoisotopic (exact) mass is 441 g/mol. The number of benzene rings is 2. The number of halogens is 1. The number of thioether (sulfide) groups is 1. The van der Waals surface area contributed by atoms with Crippen LogP contribution in [0.4, 0.5) is 4.39 Å². The molecule has 1 aliphatic rings. The van der Waals surface area contributed by atoms with Crippen molar-refractivity contribution in [3.63, 3.8) is 0 Å². The molecule has 2 heterocycles. The number of nitrogens with zero attached hydrogens (tertiary/aromatic N) is 4. The molecule has 2 aromatic carbocycles. The van der Waals surface area contributed by atoms with Crippen molar-refractivity contribution in [2.75, 3.05) is 18.9 Å². The molecule has 1 aromatic heterocycles. The van der Waals surface area contributed by atoms with Crippen LogP contribution in [0.25, 0.3) is 0 Å². The molecule has 4 rings (SSSR count). The molecule has 162 valence electrons. The summed E-state index contributed by atoms with van der Waals surface area (Å²) in [7, 11) is 0. The molecular weight excluding hydrogens is 417 g/mol. The number of carbonyl (C=O) groups is 1. The van der Waals surface area contributed by atoms with E-state index in [0.29, 0.717) is 16.7 Å². The van der Waals surface area contributed by atoms with Crippen LogP contribution >= 0.6 is 11.8 Å². The van der Waals surface area contributed by atoms with Gasteiger partial charge >= 0.3 is 0 Å². The van der Waals surface area contributed by atoms with Crippen LogP contribution in [0.1, 0.15) is 35.9 Å². The lowest BCUT2D eigenvalue weighted by atomic mass is 10.1. The molecule has 9 heteroatoms. The maximum absolute atomic E-state index is 13.3. The van der Waals surface area contributed by atoms with Gasteiger partial charge in [-0.3, -0.25) is 4.79 Å². The zero-order valence-corrected chi connectivity index (χ0v) is 17.8. The van der Waals surface area contributed by atoms with Crippen molar-refractivity contribution in [1.29, 1.82) is 0 Å². The van der Waals surface area contributed by atoms with Gasteiger partial charge in [-0.2, -0.15) is 0 Å². The molecule has 1 unspecified atom stereocenters. The second kappa shape index (κ2) is 9.82. The Balaban J connectivity index is 1.50. The Morgan fingerprint density at radius 3 is 2.48 bits per heavy atom. The van der Waals surface area contributed by atoms with Gasteiger partial charge in [-0.15, -0.1) is 10.2 Å². The number of ether oxygens (including phenoxy) is 1. The van der Waals surface area contributed by atoms with Crippen LogP contribution in [-0.2, 0) is 11.4 Å². The zero-order valence-electron chi connectivity index (χ0n) is 17.0. The molecule has 1 saturated heterocycles. The Morgan fingerprint density at radius 2 is 1.77 bits per heavy atom. The van der Waals surface area contributed by atoms with Gasteiger partial charge in [0.2, 0.25) is 11.1 Å². The first-order valence-corrected chi connectivity index (χ1v) is 11.1. The smallest absolute Gasteiger partial charge is 0.240 e. The summed E-state index contributed by atoms with van der Waals surface area (Å²) in [6.07, 6.45) is 3.20. The first-order chi connectivity index (χ1) is 15.1. The van der Waals surface area contributed by atoms with Gasteiger partial charge in [-0.25, -0.2) is 9.07 Å². The van der Waals surface area contributed by atoms with E-state index in [1.54, 1.807) is 0 Å². The number of piperidine rings is 1. The molecule has 0 spiro atoms. The standard InChI is InChI=1S/C22H24FN5O2S/c23-17-9-11-18(12-10-17)30-15-19-25-26-22(28(19)24)31-20(16-7-3-1-4-8-16)21(29)27-13-5-2-6-14-27/h1,3-4,7-12,20H,2,5-6,13-15,24H2. The van der Waals surface area contributed by atoms with E-state index < -0.39 is 5.25 Å². The SMILES string of the molecule is Nn1c(COc2ccc(F)cc2)nnc1SC(C(=O)N1CCCCC1)c1ccccc1. The molecule has 2 N–H and O–H groups in total. The first kappa shape index (κ1) is 21.2. The van der Waals surface area contributed by atoms with Gasteiger partial charge in [0.1, 0.15) is 23.4 Å². The normalized spacial score (nSPS) is 14.9. The van der Waals surface area contributed by atoms with E-state index in [9.17, 15) is 9.18 Å². The molecule has 1 atom stereocenters. The molecule has 31 heavy (non-hydrogen) atoms. The van der Waals surface area contributed by atoms with Gasteiger partial charge in [0.05, 0.1) is 0 Å². The summed E-state index contributed by atoms with van der Waals surface area (Å²) in [6, 6.07) is 15.3. The van der Waals surface area contributed by atoms with E-state index in [1.807, 2.05) is 35.2 Å². The van der Waals surface area contributed by atoms with Crippen molar-refractivity contribution < 1.29 is 13.9 Å². The molecule has 1 amide bonds. The van der Waals surface area contributed by atoms with Crippen LogP contribution in [-0.4, -0.2) is 38.8 Å². The summed E-state index contributed by atoms with van der Waals surface area (Å²) in [6.45, 7) is 1.62. The number of amides is 1. The predicted octanol–water partition coefficient (Wildman–Crippen LogP) is 3.56. The van der Waals surface area contributed by atoms with Crippen molar-refractivity contribution in [3.8, 4) is 5.75 Å². The number of rotatable bonds is 7. The fourth-order valence-corrected chi connectivity index (χ4v) is 4.50. The van der Waals surface area contributed by atoms with E-state index in [-0.39, 0.29) is 18.3 Å². The van der Waals surface area contributed by atoms with Gasteiger partial charge in [-0.05, 0) is 49.1 Å². The molecule has 0 bridgehead atoms. The van der Waals surface area contributed by atoms with Gasteiger partial charge in [0.25, 0.3) is 0 Å². The quantitative estimate of drug-likeness (QED) is 0.446. The van der Waals surface area contributed by atoms with Crippen LogP contribution in [0.5, 0.6) is 5.75 Å². The maximum atomic E-state index is 13.3. The van der Waals surface area contributed by atoms with Crippen molar-refractivity contribution in [3.05, 3.63) is 71.8 Å². The highest BCUT2D eigenvalue weighted by atomic mass is 32.2. The molecule has 0 aliphatic carbocycles. The molecule has 1 fully saturated rings. The Hall–Kier alpha value is -3.07. The highest BCUT2D eigenvalue weighted by molar-refractivity contribution is 8.00. The Kier molecular flexibility index (Phi) is 6.71. The van der Waals surface area contributed by atoms with Crippen molar-refractivity contribution in [2.24, 2.45) is 0 Å². The first-order valence-electron chi connectivity index (χ1n) is 10.2. The van der Waals surface area contributed by atoms with E-state index in [2.05, 4.69) is 10.2 Å². The van der Waals surface area contributed by atoms with E-state index in [4.69, 9.17) is 10.6 Å². The summed E-state index contributed by atoms with van der Waals surface area (Å²) in [5.74, 6) is 6.83. The van der Waals surface area contributed by atoms with Crippen LogP contribution in [0.2, 0.25) is 0 Å². The molecule has 3 aromatic rings. The zero-order chi connectivity index (χ0) is 21.6. The molecule has 0 radical (unpaired) electrons. The highest BCUT2D eigenvalue weighted by Crippen LogP contribution is 2.36. The number of nitrogen functional groups attached to an aromatic ring is 1. The summed E-state index contributed by atoms with van der Waals surface area (Å²) in [5.41, 5.74) is 0.898. The van der Waals surface area contributed by atoms with Crippen molar-refractivity contribution in [2.45, 2.75) is 36.3 Å². The Morgan fingerprint density at radius 1 is 1.06 bits per heavy atom. The minimum Gasteiger partial charge on any atom is -0.486 e. The molecular formula is C22H24FN5O2S. The van der Waals surface area contributed by atoms with Gasteiger partial charge in [0, 0.05) is 13.1 Å². The molecule has 1 aliphatic heterocycles. The second-order valence-corrected chi connectivity index (χ2v) is 8.38. The van der Waals surface area contributed by atoms with Crippen LogP contribution < -0.4 is 10.6 Å². The van der Waals surface area contributed by atoms with Crippen molar-refractivity contribution >= 4 is 17.7 Å². The third-order valence-electron chi connectivity index (χ3n) is 5.13. The molecule has 0 saturated carbocycles. The topological polar surface area (TPSA) is 86.3 Å². The van der Waals surface area contributed by atoms with Crippen molar-refractivity contribution in [1.82, 2.24) is 19.8 Å². The number of aromatic nitrogens is 3. The maximum Gasteiger partial charge on any atom is 0.240 e. The summed E-state index contributed by atoms with van der Waals surface area (Å²) < 4.78 is 20.0. The second-order valence-electron chi connectivity index (χ2n) is 7.31. The third kappa shape index (κ3) is 5.16. The van der Waals surface area contributed by atoms with Gasteiger partial charge < -0.3 is 15.5 Å². The van der Waals surface area contributed by atoms with E-state index in [0.717, 1.165) is 37.9 Å². The lowest BCUT2D eigenvalue weighted by Gasteiger charge is -2.30. The highest BCUT2D eigenvalue weighted by Gasteiger charge is 2.30. The Bertz CT molecular complexity index is 1010. The predicted molar refractivity (Wildman–Crippen MR) is 116 cm³/mol. The minimum absolute atomic E-state index is 0.0583. The number of hydrogen-bond donors (Lipinski definition) is 1. The number of likely N-dealkylation sites (tertiary alicyclic amines) is 1. The summed E-state index contributed by atoms with van der Waals surface area (Å²) in [5, 5.41) is 8.25. The van der Waals surface area contributed by atoms with Crippen LogP contribution in [0.3, 0.4) is 0 Å². The third-order valence-corrected chi connectivity index (χ3v) is 6.33. The van der Waals surface area contributed by atoms with E-state index >= 15 is 0 Å².